The highest BCUT2D eigenvalue weighted by Gasteiger charge is 2.54. The van der Waals surface area contributed by atoms with E-state index in [1.54, 1.807) is 15.9 Å². The second kappa shape index (κ2) is 11.8. The summed E-state index contributed by atoms with van der Waals surface area (Å²) in [5.74, 6) is 0. The fourth-order valence-electron chi connectivity index (χ4n) is 5.56. The van der Waals surface area contributed by atoms with Crippen LogP contribution in [-0.4, -0.2) is 57.7 Å². The average molecular weight is 581 g/mol. The minimum absolute atomic E-state index is 0.0292. The number of carbonyl (C=O) groups excluding carboxylic acids is 2. The van der Waals surface area contributed by atoms with Crippen LogP contribution in [0, 0.1) is 20.9 Å². The first-order valence-electron chi connectivity index (χ1n) is 14.5. The molecule has 0 radical (unpaired) electrons. The normalized spacial score (nSPS) is 17.1. The van der Waals surface area contributed by atoms with Crippen LogP contribution in [0.2, 0.25) is 0 Å². The molecule has 1 atom stereocenters. The van der Waals surface area contributed by atoms with Gasteiger partial charge in [0.25, 0.3) is 5.69 Å². The molecular weight excluding hydrogens is 536 g/mol. The van der Waals surface area contributed by atoms with E-state index in [-0.39, 0.29) is 52.8 Å². The van der Waals surface area contributed by atoms with Crippen molar-refractivity contribution in [2.24, 2.45) is 10.8 Å². The number of carbonyl (C=O) groups is 2. The Morgan fingerprint density at radius 3 is 2.29 bits per heavy atom. The lowest BCUT2D eigenvalue weighted by Crippen LogP contribution is -2.66. The number of likely N-dealkylation sites (tertiary alicyclic amines) is 1. The molecule has 1 aliphatic heterocycles. The summed E-state index contributed by atoms with van der Waals surface area (Å²) in [6, 6.07) is 14.5. The fourth-order valence-corrected chi connectivity index (χ4v) is 5.56. The van der Waals surface area contributed by atoms with Gasteiger partial charge in [0.05, 0.1) is 4.92 Å². The molecule has 2 aromatic carbocycles. The average Bonchev–Trinajstić information content (AvgIpc) is 2.85. The van der Waals surface area contributed by atoms with E-state index < -0.39 is 11.7 Å². The van der Waals surface area contributed by atoms with Gasteiger partial charge in [0, 0.05) is 43.2 Å². The first-order valence-corrected chi connectivity index (χ1v) is 14.5. The van der Waals surface area contributed by atoms with Crippen LogP contribution in [0.3, 0.4) is 0 Å². The summed E-state index contributed by atoms with van der Waals surface area (Å²) in [5, 5.41) is 15.4. The number of hydrogen-bond donors (Lipinski definition) is 1. The lowest BCUT2D eigenvalue weighted by Gasteiger charge is -2.58. The molecule has 2 aliphatic rings. The van der Waals surface area contributed by atoms with E-state index in [0.29, 0.717) is 24.3 Å². The van der Waals surface area contributed by atoms with E-state index in [1.807, 2.05) is 84.9 Å². The number of nitro benzene ring substituents is 1. The Hall–Kier alpha value is -3.82. The van der Waals surface area contributed by atoms with E-state index in [0.717, 1.165) is 18.4 Å². The second-order valence-corrected chi connectivity index (χ2v) is 13.9. The van der Waals surface area contributed by atoms with E-state index in [1.165, 1.54) is 6.07 Å². The lowest BCUT2D eigenvalue weighted by atomic mass is 9.60. The fraction of sp³-hybridized carbons (Fsp3) is 0.562. The summed E-state index contributed by atoms with van der Waals surface area (Å²) < 4.78 is 11.1. The van der Waals surface area contributed by atoms with Crippen LogP contribution in [0.25, 0.3) is 0 Å². The molecule has 42 heavy (non-hydrogen) atoms. The lowest BCUT2D eigenvalue weighted by molar-refractivity contribution is -0.384. The van der Waals surface area contributed by atoms with Crippen molar-refractivity contribution in [2.75, 3.05) is 18.4 Å². The molecule has 1 spiro atoms. The molecule has 1 N–H and O–H groups in total. The molecule has 0 aromatic heterocycles. The Labute approximate surface area is 248 Å². The summed E-state index contributed by atoms with van der Waals surface area (Å²) >= 11 is 0. The van der Waals surface area contributed by atoms with Crippen molar-refractivity contribution in [3.05, 3.63) is 69.8 Å². The minimum Gasteiger partial charge on any atom is -0.445 e. The van der Waals surface area contributed by atoms with Crippen molar-refractivity contribution in [3.63, 3.8) is 0 Å². The van der Waals surface area contributed by atoms with Gasteiger partial charge in [-0.15, -0.1) is 0 Å². The molecular formula is C32H44N4O6. The first-order chi connectivity index (χ1) is 19.6. The smallest absolute Gasteiger partial charge is 0.410 e. The summed E-state index contributed by atoms with van der Waals surface area (Å²) in [6.45, 7) is 15.3. The zero-order chi connectivity index (χ0) is 30.9. The Balaban J connectivity index is 1.39. The molecule has 228 valence electrons. The first kappa shape index (κ1) is 31.1. The molecule has 2 aromatic rings. The summed E-state index contributed by atoms with van der Waals surface area (Å²) in [6.07, 6.45) is 0.895. The van der Waals surface area contributed by atoms with Crippen LogP contribution < -0.4 is 5.32 Å². The van der Waals surface area contributed by atoms with Crippen LogP contribution in [0.5, 0.6) is 0 Å². The number of nitrogens with one attached hydrogen (secondary N) is 1. The van der Waals surface area contributed by atoms with E-state index in [4.69, 9.17) is 9.47 Å². The molecule has 0 unspecified atom stereocenters. The highest BCUT2D eigenvalue weighted by Crippen LogP contribution is 2.50. The predicted octanol–water partition coefficient (Wildman–Crippen LogP) is 6.98. The topological polar surface area (TPSA) is 114 Å². The highest BCUT2D eigenvalue weighted by atomic mass is 16.6. The summed E-state index contributed by atoms with van der Waals surface area (Å²) in [4.78, 5) is 40.6. The summed E-state index contributed by atoms with van der Waals surface area (Å²) in [7, 11) is 0. The van der Waals surface area contributed by atoms with Crippen LogP contribution >= 0.6 is 0 Å². The third-order valence-corrected chi connectivity index (χ3v) is 8.19. The van der Waals surface area contributed by atoms with Crippen molar-refractivity contribution in [1.29, 1.82) is 0 Å². The SMILES string of the molecule is C[C@H](N(Cc1ccc(NC2CC3(C2)CN(C(=O)OC(C)(C)C)C3)c([N+](=O)[O-])c1)C(=O)OCc1ccccc1)C(C)(C)C. The van der Waals surface area contributed by atoms with Gasteiger partial charge in [-0.3, -0.25) is 10.1 Å². The van der Waals surface area contributed by atoms with Crippen LogP contribution in [0.15, 0.2) is 48.5 Å². The largest absolute Gasteiger partial charge is 0.445 e. The zero-order valence-corrected chi connectivity index (χ0v) is 25.8. The quantitative estimate of drug-likeness (QED) is 0.265. The number of hydrogen-bond acceptors (Lipinski definition) is 7. The molecule has 10 heteroatoms. The predicted molar refractivity (Wildman–Crippen MR) is 161 cm³/mol. The maximum absolute atomic E-state index is 13.2. The van der Waals surface area contributed by atoms with Crippen molar-refractivity contribution in [3.8, 4) is 0 Å². The molecule has 1 heterocycles. The van der Waals surface area contributed by atoms with Crippen molar-refractivity contribution < 1.29 is 24.0 Å². The van der Waals surface area contributed by atoms with Crippen LogP contribution in [0.4, 0.5) is 21.0 Å². The van der Waals surface area contributed by atoms with E-state index in [9.17, 15) is 19.7 Å². The Morgan fingerprint density at radius 1 is 1.07 bits per heavy atom. The maximum Gasteiger partial charge on any atom is 0.410 e. The second-order valence-electron chi connectivity index (χ2n) is 13.9. The van der Waals surface area contributed by atoms with Gasteiger partial charge >= 0.3 is 12.2 Å². The zero-order valence-electron chi connectivity index (χ0n) is 25.8. The summed E-state index contributed by atoms with van der Waals surface area (Å²) in [5.41, 5.74) is 1.24. The van der Waals surface area contributed by atoms with Gasteiger partial charge in [0.15, 0.2) is 0 Å². The van der Waals surface area contributed by atoms with Crippen LogP contribution in [-0.2, 0) is 22.6 Å². The monoisotopic (exact) mass is 580 g/mol. The van der Waals surface area contributed by atoms with Crippen molar-refractivity contribution in [1.82, 2.24) is 9.80 Å². The Bertz CT molecular complexity index is 1290. The number of anilines is 1. The Morgan fingerprint density at radius 2 is 1.71 bits per heavy atom. The molecule has 10 nitrogen and oxygen atoms in total. The third-order valence-electron chi connectivity index (χ3n) is 8.19. The van der Waals surface area contributed by atoms with E-state index >= 15 is 0 Å². The van der Waals surface area contributed by atoms with Gasteiger partial charge in [0.2, 0.25) is 0 Å². The van der Waals surface area contributed by atoms with Crippen LogP contribution in [0.1, 0.15) is 72.4 Å². The van der Waals surface area contributed by atoms with Gasteiger partial charge in [0.1, 0.15) is 17.9 Å². The molecule has 0 bridgehead atoms. The molecule has 1 saturated carbocycles. The number of rotatable bonds is 8. The van der Waals surface area contributed by atoms with Gasteiger partial charge in [-0.05, 0) is 63.1 Å². The maximum atomic E-state index is 13.2. The number of nitro groups is 1. The van der Waals surface area contributed by atoms with Gasteiger partial charge in [-0.1, -0.05) is 57.2 Å². The number of ether oxygens (including phenoxy) is 2. The van der Waals surface area contributed by atoms with Crippen molar-refractivity contribution >= 4 is 23.6 Å². The third kappa shape index (κ3) is 7.52. The molecule has 1 saturated heterocycles. The standard InChI is InChI=1S/C32H44N4O6/c1-22(30(2,3)4)35(29(38)41-19-23-11-9-8-10-12-23)18-24-13-14-26(27(15-24)36(39)40)33-25-16-32(17-25)20-34(21-32)28(37)42-31(5,6)7/h8-15,22,25,33H,16-21H2,1-7H3/t22-/m0/s1. The molecule has 4 rings (SSSR count). The van der Waals surface area contributed by atoms with Gasteiger partial charge in [-0.25, -0.2) is 9.59 Å². The molecule has 1 aliphatic carbocycles. The van der Waals surface area contributed by atoms with E-state index in [2.05, 4.69) is 5.32 Å². The highest BCUT2D eigenvalue weighted by molar-refractivity contribution is 5.70. The van der Waals surface area contributed by atoms with Gasteiger partial charge < -0.3 is 24.6 Å². The van der Waals surface area contributed by atoms with Crippen molar-refractivity contribution in [2.45, 2.75) is 92.1 Å². The Kier molecular flexibility index (Phi) is 8.76. The number of nitrogens with zero attached hydrogens (tertiary/aromatic N) is 3. The molecule has 2 amide bonds. The number of benzene rings is 2. The minimum atomic E-state index is -0.529. The van der Waals surface area contributed by atoms with Gasteiger partial charge in [-0.2, -0.15) is 0 Å². The number of amides is 2. The molecule has 2 fully saturated rings.